The van der Waals surface area contributed by atoms with Crippen LogP contribution in [0.2, 0.25) is 0 Å². The number of likely N-dealkylation sites (N-methyl/N-ethyl adjacent to an activating group) is 8. The Bertz CT molecular complexity index is 2940. The number of nitrogens with zero attached hydrogens (tertiary/aromatic N) is 9. The maximum atomic E-state index is 15.9. The Morgan fingerprint density at radius 2 is 1.18 bits per heavy atom. The Morgan fingerprint density at radius 1 is 0.578 bits per heavy atom. The van der Waals surface area contributed by atoms with Gasteiger partial charge in [-0.3, -0.25) is 57.5 Å². The van der Waals surface area contributed by atoms with E-state index < -0.39 is 174 Å². The van der Waals surface area contributed by atoms with Gasteiger partial charge in [-0.25, -0.2) is 0 Å². The van der Waals surface area contributed by atoms with Crippen LogP contribution in [0, 0.1) is 35.5 Å². The number of hydrogen-bond acceptors (Lipinski definition) is 13. The van der Waals surface area contributed by atoms with E-state index in [1.54, 1.807) is 11.8 Å². The number of carbonyl (C=O) groups is 12. The third-order valence-electron chi connectivity index (χ3n) is 23.9. The summed E-state index contributed by atoms with van der Waals surface area (Å²) in [6.45, 7) is 5.40. The van der Waals surface area contributed by atoms with E-state index >= 15 is 19.2 Å². The van der Waals surface area contributed by atoms with Gasteiger partial charge in [0, 0.05) is 74.8 Å². The van der Waals surface area contributed by atoms with E-state index in [0.717, 1.165) is 83.9 Å². The zero-order chi connectivity index (χ0) is 75.1. The molecule has 0 bridgehead atoms. The standard InChI is InChI=1S/C73H119ClF3N13O12/c1-12-46(2)62-69(100)84(6)44-60(93)82(4)45-61(94)86(8)56(39-48-24-15-13-16-25-48)67(98)83(5)43-58(91)79-54(32-30-49-29-31-52(53(74)38-49)73(75,76)77)66(97)87(9)55(40-50-26-23-35-78-42-50)65(96)81-72(33-19-20-34-72)71(102)89(11)63(51-27-17-14-18-28-51)70(101)88(10)57(68(99)90-36-21-22-37-90)41-59(92)85(7)47(3)64(95)80-62/h46-57,62-63,78H,12-45H2,1-11H3,(H,79,91)(H,80,95)(H,81,96)/t46-,47-,49?,50?,52?,53?,54-,55-,56-,57-,62-,63-/m0/s1. The average molecular weight is 1460 g/mol. The maximum Gasteiger partial charge on any atom is 0.393 e. The smallest absolute Gasteiger partial charge is 0.343 e. The van der Waals surface area contributed by atoms with Gasteiger partial charge in [-0.15, -0.1) is 11.6 Å². The molecule has 576 valence electrons. The van der Waals surface area contributed by atoms with E-state index in [1.165, 1.54) is 82.9 Å². The number of hydrogen-bond donors (Lipinski definition) is 4. The first-order valence-corrected chi connectivity index (χ1v) is 38.3. The van der Waals surface area contributed by atoms with Gasteiger partial charge < -0.3 is 65.4 Å². The summed E-state index contributed by atoms with van der Waals surface area (Å²) in [6.07, 6.45) is 7.78. The number of halogens is 4. The molecule has 3 heterocycles. The van der Waals surface area contributed by atoms with E-state index in [-0.39, 0.29) is 75.5 Å². The Morgan fingerprint density at radius 3 is 1.77 bits per heavy atom. The first-order chi connectivity index (χ1) is 48.2. The normalized spacial score (nSPS) is 30.7. The van der Waals surface area contributed by atoms with E-state index in [2.05, 4.69) is 21.3 Å². The molecule has 0 aromatic heterocycles. The molecule has 4 aliphatic carbocycles. The minimum atomic E-state index is -4.52. The fraction of sp³-hybridized carbons (Fsp3) is 0.836. The molecule has 0 aromatic rings. The van der Waals surface area contributed by atoms with Crippen LogP contribution >= 0.6 is 11.6 Å². The summed E-state index contributed by atoms with van der Waals surface area (Å²) in [5.74, 6) is -10.7. The molecule has 7 rings (SSSR count). The minimum absolute atomic E-state index is 0.00959. The van der Waals surface area contributed by atoms with Crippen molar-refractivity contribution in [1.82, 2.24) is 65.4 Å². The van der Waals surface area contributed by atoms with Gasteiger partial charge in [0.05, 0.1) is 32.0 Å². The van der Waals surface area contributed by atoms with Crippen molar-refractivity contribution in [3.63, 3.8) is 0 Å². The van der Waals surface area contributed by atoms with Gasteiger partial charge in [0.15, 0.2) is 0 Å². The molecule has 25 nitrogen and oxygen atoms in total. The van der Waals surface area contributed by atoms with Crippen LogP contribution in [-0.2, 0) is 57.5 Å². The van der Waals surface area contributed by atoms with Crippen LogP contribution in [0.5, 0.6) is 0 Å². The van der Waals surface area contributed by atoms with Crippen LogP contribution < -0.4 is 21.3 Å². The van der Waals surface area contributed by atoms with Crippen molar-refractivity contribution in [3.05, 3.63) is 0 Å². The van der Waals surface area contributed by atoms with Crippen LogP contribution in [0.25, 0.3) is 0 Å². The number of amides is 12. The van der Waals surface area contributed by atoms with Gasteiger partial charge in [-0.1, -0.05) is 84.5 Å². The first-order valence-electron chi connectivity index (χ1n) is 37.9. The fourth-order valence-corrected chi connectivity index (χ4v) is 17.3. The summed E-state index contributed by atoms with van der Waals surface area (Å²) < 4.78 is 42.3. The highest BCUT2D eigenvalue weighted by atomic mass is 35.5. The Balaban J connectivity index is 1.29. The molecule has 3 aliphatic heterocycles. The highest BCUT2D eigenvalue weighted by Crippen LogP contribution is 2.44. The largest absolute Gasteiger partial charge is 0.393 e. The van der Waals surface area contributed by atoms with Crippen LogP contribution in [0.3, 0.4) is 0 Å². The van der Waals surface area contributed by atoms with Crippen LogP contribution in [-0.4, -0.2) is 277 Å². The van der Waals surface area contributed by atoms with Crippen molar-refractivity contribution in [1.29, 1.82) is 0 Å². The van der Waals surface area contributed by atoms with E-state index in [1.807, 2.05) is 6.92 Å². The minimum Gasteiger partial charge on any atom is -0.343 e. The molecule has 7 fully saturated rings. The van der Waals surface area contributed by atoms with Crippen molar-refractivity contribution in [3.8, 4) is 0 Å². The van der Waals surface area contributed by atoms with E-state index in [9.17, 15) is 51.5 Å². The predicted octanol–water partition coefficient (Wildman–Crippen LogP) is 5.29. The molecular weight excluding hydrogens is 1340 g/mol. The van der Waals surface area contributed by atoms with E-state index in [4.69, 9.17) is 11.6 Å². The van der Waals surface area contributed by atoms with Gasteiger partial charge in [-0.2, -0.15) is 13.2 Å². The van der Waals surface area contributed by atoms with E-state index in [0.29, 0.717) is 71.0 Å². The van der Waals surface area contributed by atoms with Gasteiger partial charge in [0.25, 0.3) is 0 Å². The van der Waals surface area contributed by atoms with Crippen LogP contribution in [0.1, 0.15) is 194 Å². The molecule has 4 saturated carbocycles. The molecule has 29 heteroatoms. The quantitative estimate of drug-likeness (QED) is 0.192. The van der Waals surface area contributed by atoms with Crippen LogP contribution in [0.15, 0.2) is 0 Å². The van der Waals surface area contributed by atoms with Gasteiger partial charge in [0.1, 0.15) is 47.8 Å². The summed E-state index contributed by atoms with van der Waals surface area (Å²) in [6, 6.07) is -8.74. The second kappa shape index (κ2) is 37.6. The number of nitrogens with one attached hydrogen (secondary N) is 4. The highest BCUT2D eigenvalue weighted by Gasteiger charge is 2.52. The zero-order valence-corrected chi connectivity index (χ0v) is 63.3. The van der Waals surface area contributed by atoms with Crippen molar-refractivity contribution >= 4 is 82.5 Å². The molecule has 12 amide bonds. The Hall–Kier alpha value is -6.32. The van der Waals surface area contributed by atoms with Crippen molar-refractivity contribution in [2.75, 3.05) is 102 Å². The monoisotopic (exact) mass is 1460 g/mol. The van der Waals surface area contributed by atoms with Crippen molar-refractivity contribution < 1.29 is 70.7 Å². The molecular formula is C73H119ClF3N13O12. The first kappa shape index (κ1) is 83.0. The SMILES string of the molecule is CC[C@H](C)[C@@H]1NC(=O)[C@H](C)N(C)C(=O)C[C@@H](C(=O)N2CCCC2)N(C)C(=O)[C@H](C2CCCCC2)N(C)C(=O)C2(CCCC2)NC(=O)[C@H](CC2CCCNC2)N(C)C(=O)[C@H](CCC2CCC(C(F)(F)F)C(Cl)C2)NC(=O)CN(C)C(=O)[C@H](CC2CCCCC2)N(C)C(=O)CN(C)C(=O)CN(C)C1=O. The maximum absolute atomic E-state index is 15.9. The molecule has 12 atom stereocenters. The third kappa shape index (κ3) is 21.2. The van der Waals surface area contributed by atoms with Gasteiger partial charge in [-0.05, 0) is 146 Å². The topological polar surface area (TPSA) is 282 Å². The molecule has 102 heavy (non-hydrogen) atoms. The van der Waals surface area contributed by atoms with Crippen molar-refractivity contribution in [2.24, 2.45) is 35.5 Å². The number of likely N-dealkylation sites (tertiary alicyclic amines) is 1. The fourth-order valence-electron chi connectivity index (χ4n) is 16.8. The van der Waals surface area contributed by atoms with Gasteiger partial charge in [0.2, 0.25) is 70.9 Å². The molecule has 3 saturated heterocycles. The predicted molar refractivity (Wildman–Crippen MR) is 378 cm³/mol. The molecule has 7 aliphatic rings. The van der Waals surface area contributed by atoms with Crippen LogP contribution in [0.4, 0.5) is 13.2 Å². The molecule has 1 spiro atoms. The molecule has 4 unspecified atom stereocenters. The molecule has 0 radical (unpaired) electrons. The number of carbonyl (C=O) groups excluding carboxylic acids is 12. The summed E-state index contributed by atoms with van der Waals surface area (Å²) in [5, 5.41) is 11.0. The molecule has 0 aromatic carbocycles. The van der Waals surface area contributed by atoms with Gasteiger partial charge >= 0.3 is 6.18 Å². The lowest BCUT2D eigenvalue weighted by Crippen LogP contribution is -2.65. The highest BCUT2D eigenvalue weighted by molar-refractivity contribution is 6.21. The number of alkyl halides is 4. The van der Waals surface area contributed by atoms with Crippen molar-refractivity contribution in [2.45, 2.75) is 254 Å². The number of rotatable bonds is 11. The second-order valence-electron chi connectivity index (χ2n) is 31.1. The summed E-state index contributed by atoms with van der Waals surface area (Å²) in [4.78, 5) is 191. The lowest BCUT2D eigenvalue weighted by molar-refractivity contribution is -0.182. The Labute approximate surface area is 607 Å². The second-order valence-corrected chi connectivity index (χ2v) is 31.7. The molecule has 4 N–H and O–H groups in total. The zero-order valence-electron chi connectivity index (χ0n) is 62.6. The average Bonchev–Trinajstić information content (AvgIpc) is 1.36. The lowest BCUT2D eigenvalue weighted by Gasteiger charge is -2.43. The Kier molecular flexibility index (Phi) is 30.6. The summed E-state index contributed by atoms with van der Waals surface area (Å²) in [7, 11) is 11.5. The lowest BCUT2D eigenvalue weighted by atomic mass is 9.78. The summed E-state index contributed by atoms with van der Waals surface area (Å²) in [5.41, 5.74) is -1.59. The third-order valence-corrected chi connectivity index (χ3v) is 24.4. The summed E-state index contributed by atoms with van der Waals surface area (Å²) >= 11 is 6.45. The number of piperidine rings is 1.